The molecule has 1 aromatic heterocycles. The number of hydrogen-bond donors (Lipinski definition) is 1. The third-order valence-electron chi connectivity index (χ3n) is 5.11. The predicted octanol–water partition coefficient (Wildman–Crippen LogP) is 2.98. The zero-order valence-corrected chi connectivity index (χ0v) is 16.8. The quantitative estimate of drug-likeness (QED) is 0.725. The molecule has 0 atom stereocenters. The van der Waals surface area contributed by atoms with Gasteiger partial charge in [0, 0.05) is 32.0 Å². The largest absolute Gasteiger partial charge is 0.496 e. The Hall–Kier alpha value is -3.09. The molecule has 0 spiro atoms. The lowest BCUT2D eigenvalue weighted by Crippen LogP contribution is -2.46. The number of nitrogens with one attached hydrogen (secondary N) is 1. The minimum atomic E-state index is -0.152. The standard InChI is InChI=1S/C22H26N2O5/c1-15-5-7-19(28-2)17(14-15)18(25)6-8-21(26)23-16-9-11-24(12-10-16)22(27)20-4-3-13-29-20/h3-5,7,13-14,16H,6,8-12H2,1-2H3,(H,23,26). The van der Waals surface area contributed by atoms with Crippen LogP contribution in [-0.2, 0) is 4.79 Å². The summed E-state index contributed by atoms with van der Waals surface area (Å²) in [5, 5.41) is 2.98. The molecule has 1 N–H and O–H groups in total. The molecule has 7 heteroatoms. The van der Waals surface area contributed by atoms with E-state index in [1.165, 1.54) is 13.4 Å². The van der Waals surface area contributed by atoms with Crippen LogP contribution in [0.5, 0.6) is 5.75 Å². The molecule has 0 saturated carbocycles. The Bertz CT molecular complexity index is 867. The van der Waals surface area contributed by atoms with Crippen LogP contribution in [0.2, 0.25) is 0 Å². The fraction of sp³-hybridized carbons (Fsp3) is 0.409. The summed E-state index contributed by atoms with van der Waals surface area (Å²) in [4.78, 5) is 38.8. The second kappa shape index (κ2) is 9.41. The molecule has 1 aliphatic rings. The van der Waals surface area contributed by atoms with Crippen molar-refractivity contribution in [2.45, 2.75) is 38.6 Å². The maximum atomic E-state index is 12.5. The number of aryl methyl sites for hydroxylation is 1. The van der Waals surface area contributed by atoms with E-state index in [1.54, 1.807) is 29.2 Å². The van der Waals surface area contributed by atoms with E-state index in [-0.39, 0.29) is 36.5 Å². The molecule has 0 radical (unpaired) electrons. The molecule has 154 valence electrons. The van der Waals surface area contributed by atoms with E-state index in [0.29, 0.717) is 43.0 Å². The van der Waals surface area contributed by atoms with E-state index in [0.717, 1.165) is 5.56 Å². The zero-order valence-electron chi connectivity index (χ0n) is 16.8. The number of nitrogens with zero attached hydrogens (tertiary/aromatic N) is 1. The summed E-state index contributed by atoms with van der Waals surface area (Å²) in [5.74, 6) is 0.463. The van der Waals surface area contributed by atoms with Crippen molar-refractivity contribution in [3.8, 4) is 5.75 Å². The highest BCUT2D eigenvalue weighted by Crippen LogP contribution is 2.22. The summed E-state index contributed by atoms with van der Waals surface area (Å²) in [6.45, 7) is 3.03. The van der Waals surface area contributed by atoms with Crippen molar-refractivity contribution in [2.75, 3.05) is 20.2 Å². The fourth-order valence-corrected chi connectivity index (χ4v) is 3.48. The molecule has 1 fully saturated rings. The van der Waals surface area contributed by atoms with Gasteiger partial charge >= 0.3 is 0 Å². The number of piperidine rings is 1. The molecule has 2 amide bonds. The zero-order chi connectivity index (χ0) is 20.8. The Morgan fingerprint density at radius 3 is 2.59 bits per heavy atom. The normalized spacial score (nSPS) is 14.5. The highest BCUT2D eigenvalue weighted by Gasteiger charge is 2.26. The Balaban J connectivity index is 1.44. The molecule has 7 nitrogen and oxygen atoms in total. The smallest absolute Gasteiger partial charge is 0.289 e. The molecule has 2 heterocycles. The van der Waals surface area contributed by atoms with Crippen LogP contribution in [0.3, 0.4) is 0 Å². The number of likely N-dealkylation sites (tertiary alicyclic amines) is 1. The maximum absolute atomic E-state index is 12.5. The molecule has 2 aromatic rings. The first-order valence-electron chi connectivity index (χ1n) is 9.78. The van der Waals surface area contributed by atoms with Gasteiger partial charge in [0.2, 0.25) is 5.91 Å². The summed E-state index contributed by atoms with van der Waals surface area (Å²) < 4.78 is 10.4. The van der Waals surface area contributed by atoms with Gasteiger partial charge in [-0.2, -0.15) is 0 Å². The van der Waals surface area contributed by atoms with Gasteiger partial charge in [0.25, 0.3) is 5.91 Å². The van der Waals surface area contributed by atoms with Gasteiger partial charge in [0.05, 0.1) is 18.9 Å². The summed E-state index contributed by atoms with van der Waals surface area (Å²) in [6, 6.07) is 8.77. The molecule has 0 unspecified atom stereocenters. The number of carbonyl (C=O) groups is 3. The number of methoxy groups -OCH3 is 1. The van der Waals surface area contributed by atoms with Gasteiger partial charge in [-0.1, -0.05) is 11.6 Å². The van der Waals surface area contributed by atoms with E-state index >= 15 is 0 Å². The number of benzene rings is 1. The SMILES string of the molecule is COc1ccc(C)cc1C(=O)CCC(=O)NC1CCN(C(=O)c2ccco2)CC1. The summed E-state index contributed by atoms with van der Waals surface area (Å²) >= 11 is 0. The van der Waals surface area contributed by atoms with Crippen LogP contribution in [-0.4, -0.2) is 48.7 Å². The molecule has 1 aromatic carbocycles. The predicted molar refractivity (Wildman–Crippen MR) is 107 cm³/mol. The number of Topliss-reactive ketones (excluding diaryl/α,β-unsaturated/α-hetero) is 1. The minimum Gasteiger partial charge on any atom is -0.496 e. The number of amides is 2. The van der Waals surface area contributed by atoms with Gasteiger partial charge in [-0.3, -0.25) is 14.4 Å². The van der Waals surface area contributed by atoms with Crippen molar-refractivity contribution >= 4 is 17.6 Å². The van der Waals surface area contributed by atoms with Gasteiger partial charge in [0.1, 0.15) is 5.75 Å². The lowest BCUT2D eigenvalue weighted by atomic mass is 10.0. The van der Waals surface area contributed by atoms with Gasteiger partial charge in [0.15, 0.2) is 11.5 Å². The molecule has 1 aliphatic heterocycles. The Labute approximate surface area is 170 Å². The average Bonchev–Trinajstić information content (AvgIpc) is 3.27. The third kappa shape index (κ3) is 5.25. The van der Waals surface area contributed by atoms with E-state index in [1.807, 2.05) is 13.0 Å². The van der Waals surface area contributed by atoms with E-state index < -0.39 is 0 Å². The van der Waals surface area contributed by atoms with Gasteiger partial charge in [-0.25, -0.2) is 0 Å². The number of ketones is 1. The first-order valence-corrected chi connectivity index (χ1v) is 9.78. The molecule has 0 aliphatic carbocycles. The molecule has 29 heavy (non-hydrogen) atoms. The van der Waals surface area contributed by atoms with Gasteiger partial charge in [-0.05, 0) is 44.0 Å². The number of rotatable bonds is 7. The van der Waals surface area contributed by atoms with Crippen molar-refractivity contribution in [3.63, 3.8) is 0 Å². The lowest BCUT2D eigenvalue weighted by Gasteiger charge is -2.31. The summed E-state index contributed by atoms with van der Waals surface area (Å²) in [6.07, 6.45) is 3.09. The van der Waals surface area contributed by atoms with Crippen molar-refractivity contribution in [1.82, 2.24) is 10.2 Å². The van der Waals surface area contributed by atoms with Gasteiger partial charge < -0.3 is 19.4 Å². The Kier molecular flexibility index (Phi) is 6.69. The van der Waals surface area contributed by atoms with Crippen LogP contribution >= 0.6 is 0 Å². The summed E-state index contributed by atoms with van der Waals surface area (Å²) in [5.41, 5.74) is 1.47. The third-order valence-corrected chi connectivity index (χ3v) is 5.11. The van der Waals surface area contributed by atoms with Crippen molar-refractivity contribution in [2.24, 2.45) is 0 Å². The first kappa shape index (κ1) is 20.6. The van der Waals surface area contributed by atoms with Crippen molar-refractivity contribution < 1.29 is 23.5 Å². The van der Waals surface area contributed by atoms with E-state index in [9.17, 15) is 14.4 Å². The second-order valence-electron chi connectivity index (χ2n) is 7.24. The number of ether oxygens (including phenoxy) is 1. The maximum Gasteiger partial charge on any atom is 0.289 e. The average molecular weight is 398 g/mol. The van der Waals surface area contributed by atoms with Crippen molar-refractivity contribution in [1.29, 1.82) is 0 Å². The molecular formula is C22H26N2O5. The minimum absolute atomic E-state index is 0.00626. The van der Waals surface area contributed by atoms with Crippen LogP contribution in [0.25, 0.3) is 0 Å². The Morgan fingerprint density at radius 1 is 1.17 bits per heavy atom. The Morgan fingerprint density at radius 2 is 1.93 bits per heavy atom. The van der Waals surface area contributed by atoms with Crippen LogP contribution < -0.4 is 10.1 Å². The van der Waals surface area contributed by atoms with Crippen LogP contribution in [0.15, 0.2) is 41.0 Å². The van der Waals surface area contributed by atoms with Crippen LogP contribution in [0, 0.1) is 6.92 Å². The summed E-state index contributed by atoms with van der Waals surface area (Å²) in [7, 11) is 1.52. The highest BCUT2D eigenvalue weighted by atomic mass is 16.5. The second-order valence-corrected chi connectivity index (χ2v) is 7.24. The number of hydrogen-bond acceptors (Lipinski definition) is 5. The number of furan rings is 1. The molecule has 1 saturated heterocycles. The van der Waals surface area contributed by atoms with Gasteiger partial charge in [-0.15, -0.1) is 0 Å². The van der Waals surface area contributed by atoms with Crippen LogP contribution in [0.1, 0.15) is 52.2 Å². The molecular weight excluding hydrogens is 372 g/mol. The van der Waals surface area contributed by atoms with Crippen LogP contribution in [0.4, 0.5) is 0 Å². The monoisotopic (exact) mass is 398 g/mol. The number of carbonyl (C=O) groups excluding carboxylic acids is 3. The molecule has 0 bridgehead atoms. The first-order chi connectivity index (χ1) is 14.0. The topological polar surface area (TPSA) is 88.9 Å². The van der Waals surface area contributed by atoms with E-state index in [4.69, 9.17) is 9.15 Å². The van der Waals surface area contributed by atoms with Crippen molar-refractivity contribution in [3.05, 3.63) is 53.5 Å². The highest BCUT2D eigenvalue weighted by molar-refractivity contribution is 6.00. The molecule has 3 rings (SSSR count). The fourth-order valence-electron chi connectivity index (χ4n) is 3.48. The lowest BCUT2D eigenvalue weighted by molar-refractivity contribution is -0.122. The van der Waals surface area contributed by atoms with E-state index in [2.05, 4.69) is 5.32 Å².